The van der Waals surface area contributed by atoms with Crippen molar-refractivity contribution in [3.63, 3.8) is 0 Å². The fourth-order valence-corrected chi connectivity index (χ4v) is 2.75. The van der Waals surface area contributed by atoms with Crippen LogP contribution in [0.25, 0.3) is 0 Å². The Morgan fingerprint density at radius 1 is 1.14 bits per heavy atom. The molecular formula is C17H19NO2S. The summed E-state index contributed by atoms with van der Waals surface area (Å²) in [5, 5.41) is 2.84. The number of methoxy groups -OCH3 is 1. The van der Waals surface area contributed by atoms with Crippen LogP contribution in [-0.2, 0) is 11.3 Å². The Morgan fingerprint density at radius 2 is 1.81 bits per heavy atom. The van der Waals surface area contributed by atoms with Gasteiger partial charge < -0.3 is 10.1 Å². The second-order valence-electron chi connectivity index (χ2n) is 4.64. The van der Waals surface area contributed by atoms with E-state index in [0.29, 0.717) is 6.54 Å². The minimum atomic E-state index is -0.120. The number of rotatable bonds is 6. The minimum Gasteiger partial charge on any atom is -0.497 e. The number of ether oxygens (including phenoxy) is 1. The predicted octanol–water partition coefficient (Wildman–Crippen LogP) is 3.49. The molecule has 1 atom stereocenters. The number of benzene rings is 2. The molecule has 0 saturated heterocycles. The highest BCUT2D eigenvalue weighted by atomic mass is 32.2. The molecule has 3 nitrogen and oxygen atoms in total. The zero-order valence-corrected chi connectivity index (χ0v) is 13.0. The summed E-state index contributed by atoms with van der Waals surface area (Å²) in [6.07, 6.45) is 0. The number of hydrogen-bond acceptors (Lipinski definition) is 3. The molecule has 0 bridgehead atoms. The molecule has 0 aromatic heterocycles. The number of carbonyl (C=O) groups excluding carboxylic acids is 1. The van der Waals surface area contributed by atoms with E-state index in [1.165, 1.54) is 0 Å². The number of hydrogen-bond donors (Lipinski definition) is 1. The molecule has 110 valence electrons. The van der Waals surface area contributed by atoms with Gasteiger partial charge in [0.2, 0.25) is 5.91 Å². The average molecular weight is 301 g/mol. The van der Waals surface area contributed by atoms with Crippen molar-refractivity contribution >= 4 is 17.7 Å². The van der Waals surface area contributed by atoms with E-state index in [1.807, 2.05) is 61.5 Å². The fraction of sp³-hybridized carbons (Fsp3) is 0.235. The lowest BCUT2D eigenvalue weighted by Gasteiger charge is -2.12. The lowest BCUT2D eigenvalue weighted by Crippen LogP contribution is -2.30. The second-order valence-corrected chi connectivity index (χ2v) is 6.05. The van der Waals surface area contributed by atoms with Crippen molar-refractivity contribution in [1.82, 2.24) is 5.32 Å². The highest BCUT2D eigenvalue weighted by Gasteiger charge is 2.13. The first-order valence-electron chi connectivity index (χ1n) is 6.81. The Hall–Kier alpha value is -1.94. The van der Waals surface area contributed by atoms with E-state index < -0.39 is 0 Å². The smallest absolute Gasteiger partial charge is 0.233 e. The van der Waals surface area contributed by atoms with Gasteiger partial charge in [0.05, 0.1) is 12.4 Å². The molecule has 0 spiro atoms. The lowest BCUT2D eigenvalue weighted by molar-refractivity contribution is -0.120. The molecule has 0 saturated carbocycles. The van der Waals surface area contributed by atoms with Crippen molar-refractivity contribution < 1.29 is 9.53 Å². The van der Waals surface area contributed by atoms with Gasteiger partial charge >= 0.3 is 0 Å². The minimum absolute atomic E-state index is 0.0414. The van der Waals surface area contributed by atoms with Gasteiger partial charge in [-0.3, -0.25) is 4.79 Å². The SMILES string of the molecule is COc1ccc(CNC(=O)C(C)Sc2ccccc2)cc1. The van der Waals surface area contributed by atoms with Crippen molar-refractivity contribution in [2.24, 2.45) is 0 Å². The number of thioether (sulfide) groups is 1. The van der Waals surface area contributed by atoms with E-state index in [-0.39, 0.29) is 11.2 Å². The van der Waals surface area contributed by atoms with Crippen LogP contribution in [0.15, 0.2) is 59.5 Å². The Bertz CT molecular complexity index is 569. The van der Waals surface area contributed by atoms with Crippen LogP contribution in [0, 0.1) is 0 Å². The summed E-state index contributed by atoms with van der Waals surface area (Å²) in [6, 6.07) is 17.6. The molecule has 1 amide bonds. The van der Waals surface area contributed by atoms with Gasteiger partial charge in [0.15, 0.2) is 0 Å². The van der Waals surface area contributed by atoms with E-state index in [9.17, 15) is 4.79 Å². The van der Waals surface area contributed by atoms with Gasteiger partial charge in [0.1, 0.15) is 5.75 Å². The molecule has 4 heteroatoms. The summed E-state index contributed by atoms with van der Waals surface area (Å²) in [5.41, 5.74) is 1.06. The summed E-state index contributed by atoms with van der Waals surface area (Å²) >= 11 is 1.56. The lowest BCUT2D eigenvalue weighted by atomic mass is 10.2. The Labute approximate surface area is 129 Å². The number of amides is 1. The number of carbonyl (C=O) groups is 1. The van der Waals surface area contributed by atoms with Gasteiger partial charge in [-0.05, 0) is 36.8 Å². The van der Waals surface area contributed by atoms with Crippen LogP contribution in [0.3, 0.4) is 0 Å². The molecule has 0 aliphatic carbocycles. The molecule has 1 unspecified atom stereocenters. The van der Waals surface area contributed by atoms with Crippen LogP contribution in [-0.4, -0.2) is 18.3 Å². The third kappa shape index (κ3) is 4.83. The standard InChI is InChI=1S/C17H19NO2S/c1-13(21-16-6-4-3-5-7-16)17(19)18-12-14-8-10-15(20-2)11-9-14/h3-11,13H,12H2,1-2H3,(H,18,19). The highest BCUT2D eigenvalue weighted by molar-refractivity contribution is 8.00. The maximum absolute atomic E-state index is 12.1. The van der Waals surface area contributed by atoms with E-state index in [4.69, 9.17) is 4.74 Å². The molecule has 2 rings (SSSR count). The monoisotopic (exact) mass is 301 g/mol. The predicted molar refractivity (Wildman–Crippen MR) is 86.6 cm³/mol. The first kappa shape index (κ1) is 15.4. The van der Waals surface area contributed by atoms with Crippen LogP contribution in [0.5, 0.6) is 5.75 Å². The first-order valence-corrected chi connectivity index (χ1v) is 7.69. The van der Waals surface area contributed by atoms with Gasteiger partial charge in [0, 0.05) is 11.4 Å². The van der Waals surface area contributed by atoms with Crippen molar-refractivity contribution in [2.45, 2.75) is 23.6 Å². The van der Waals surface area contributed by atoms with Gasteiger partial charge in [-0.15, -0.1) is 11.8 Å². The molecule has 1 N–H and O–H groups in total. The van der Waals surface area contributed by atoms with Gasteiger partial charge in [0.25, 0.3) is 0 Å². The van der Waals surface area contributed by atoms with Crippen LogP contribution >= 0.6 is 11.8 Å². The van der Waals surface area contributed by atoms with Crippen molar-refractivity contribution in [2.75, 3.05) is 7.11 Å². The van der Waals surface area contributed by atoms with Crippen molar-refractivity contribution in [3.05, 3.63) is 60.2 Å². The molecule has 0 aliphatic rings. The third-order valence-electron chi connectivity index (χ3n) is 3.05. The largest absolute Gasteiger partial charge is 0.497 e. The zero-order chi connectivity index (χ0) is 15.1. The van der Waals surface area contributed by atoms with E-state index in [0.717, 1.165) is 16.2 Å². The summed E-state index contributed by atoms with van der Waals surface area (Å²) < 4.78 is 5.11. The highest BCUT2D eigenvalue weighted by Crippen LogP contribution is 2.22. The zero-order valence-electron chi connectivity index (χ0n) is 12.2. The topological polar surface area (TPSA) is 38.3 Å². The maximum Gasteiger partial charge on any atom is 0.233 e. The van der Waals surface area contributed by atoms with Crippen LogP contribution in [0.4, 0.5) is 0 Å². The molecule has 0 aliphatic heterocycles. The molecular weight excluding hydrogens is 282 g/mol. The van der Waals surface area contributed by atoms with Crippen LogP contribution in [0.2, 0.25) is 0 Å². The van der Waals surface area contributed by atoms with Gasteiger partial charge in [-0.25, -0.2) is 0 Å². The average Bonchev–Trinajstić information content (AvgIpc) is 2.54. The third-order valence-corrected chi connectivity index (χ3v) is 4.16. The fourth-order valence-electron chi connectivity index (χ4n) is 1.83. The number of nitrogens with one attached hydrogen (secondary N) is 1. The van der Waals surface area contributed by atoms with Crippen molar-refractivity contribution in [3.8, 4) is 5.75 Å². The van der Waals surface area contributed by atoms with Crippen LogP contribution < -0.4 is 10.1 Å². The summed E-state index contributed by atoms with van der Waals surface area (Å²) in [5.74, 6) is 0.859. The summed E-state index contributed by atoms with van der Waals surface area (Å²) in [4.78, 5) is 13.2. The van der Waals surface area contributed by atoms with E-state index in [1.54, 1.807) is 18.9 Å². The Kier molecular flexibility index (Phi) is 5.69. The van der Waals surface area contributed by atoms with E-state index in [2.05, 4.69) is 5.32 Å². The first-order chi connectivity index (χ1) is 10.2. The van der Waals surface area contributed by atoms with E-state index >= 15 is 0 Å². The van der Waals surface area contributed by atoms with Gasteiger partial charge in [-0.1, -0.05) is 30.3 Å². The molecule has 2 aromatic carbocycles. The molecule has 2 aromatic rings. The van der Waals surface area contributed by atoms with Crippen molar-refractivity contribution in [1.29, 1.82) is 0 Å². The Balaban J connectivity index is 1.83. The Morgan fingerprint density at radius 3 is 2.43 bits per heavy atom. The maximum atomic E-state index is 12.1. The molecule has 21 heavy (non-hydrogen) atoms. The second kappa shape index (κ2) is 7.74. The molecule has 0 fully saturated rings. The molecule has 0 heterocycles. The van der Waals surface area contributed by atoms with Crippen LogP contribution in [0.1, 0.15) is 12.5 Å². The van der Waals surface area contributed by atoms with Gasteiger partial charge in [-0.2, -0.15) is 0 Å². The summed E-state index contributed by atoms with van der Waals surface area (Å²) in [7, 11) is 1.64. The summed E-state index contributed by atoms with van der Waals surface area (Å²) in [6.45, 7) is 2.45. The normalized spacial score (nSPS) is 11.7. The molecule has 0 radical (unpaired) electrons. The quantitative estimate of drug-likeness (QED) is 0.830.